The summed E-state index contributed by atoms with van der Waals surface area (Å²) in [6.45, 7) is 9.61. The van der Waals surface area contributed by atoms with Gasteiger partial charge in [0.15, 0.2) is 6.29 Å². The van der Waals surface area contributed by atoms with Crippen LogP contribution >= 0.6 is 0 Å². The summed E-state index contributed by atoms with van der Waals surface area (Å²) in [7, 11) is 0. The second-order valence-corrected chi connectivity index (χ2v) is 5.39. The second-order valence-electron chi connectivity index (χ2n) is 5.39. The highest BCUT2D eigenvalue weighted by Gasteiger charge is 2.16. The SMILES string of the molecule is CCOC(CNC(C)CC1CCCCCN1)OCC. The van der Waals surface area contributed by atoms with Crippen molar-refractivity contribution < 1.29 is 9.47 Å². The summed E-state index contributed by atoms with van der Waals surface area (Å²) in [5.41, 5.74) is 0. The van der Waals surface area contributed by atoms with E-state index in [-0.39, 0.29) is 6.29 Å². The van der Waals surface area contributed by atoms with Gasteiger partial charge in [-0.2, -0.15) is 0 Å². The molecule has 2 N–H and O–H groups in total. The molecule has 0 aromatic carbocycles. The third-order valence-corrected chi connectivity index (χ3v) is 3.64. The Morgan fingerprint density at radius 2 is 1.89 bits per heavy atom. The molecule has 0 spiro atoms. The zero-order valence-electron chi connectivity index (χ0n) is 12.9. The lowest BCUT2D eigenvalue weighted by Crippen LogP contribution is -2.41. The number of hydrogen-bond donors (Lipinski definition) is 2. The van der Waals surface area contributed by atoms with Crippen molar-refractivity contribution in [1.29, 1.82) is 0 Å². The van der Waals surface area contributed by atoms with Gasteiger partial charge in [-0.05, 0) is 46.6 Å². The highest BCUT2D eigenvalue weighted by molar-refractivity contribution is 4.76. The molecule has 0 radical (unpaired) electrons. The van der Waals surface area contributed by atoms with Crippen LogP contribution in [-0.2, 0) is 9.47 Å². The van der Waals surface area contributed by atoms with Crippen LogP contribution in [0.3, 0.4) is 0 Å². The molecule has 1 aliphatic heterocycles. The van der Waals surface area contributed by atoms with Gasteiger partial charge in [-0.1, -0.05) is 12.8 Å². The monoisotopic (exact) mass is 272 g/mol. The van der Waals surface area contributed by atoms with E-state index in [1.807, 2.05) is 13.8 Å². The predicted molar refractivity (Wildman–Crippen MR) is 79.4 cm³/mol. The lowest BCUT2D eigenvalue weighted by molar-refractivity contribution is -0.133. The molecule has 0 amide bonds. The van der Waals surface area contributed by atoms with Crippen LogP contribution in [0.1, 0.15) is 52.9 Å². The first kappa shape index (κ1) is 16.9. The van der Waals surface area contributed by atoms with E-state index < -0.39 is 0 Å². The summed E-state index contributed by atoms with van der Waals surface area (Å²) < 4.78 is 11.1. The molecule has 1 heterocycles. The Morgan fingerprint density at radius 3 is 2.58 bits per heavy atom. The quantitative estimate of drug-likeness (QED) is 0.632. The van der Waals surface area contributed by atoms with Crippen molar-refractivity contribution in [2.24, 2.45) is 0 Å². The maximum Gasteiger partial charge on any atom is 0.169 e. The van der Waals surface area contributed by atoms with E-state index in [0.717, 1.165) is 6.54 Å². The van der Waals surface area contributed by atoms with Gasteiger partial charge in [0.05, 0.1) is 0 Å². The Balaban J connectivity index is 2.19. The van der Waals surface area contributed by atoms with Gasteiger partial charge in [0.25, 0.3) is 0 Å². The van der Waals surface area contributed by atoms with E-state index in [1.165, 1.54) is 38.6 Å². The van der Waals surface area contributed by atoms with Crippen molar-refractivity contribution >= 4 is 0 Å². The van der Waals surface area contributed by atoms with Crippen LogP contribution in [0, 0.1) is 0 Å². The van der Waals surface area contributed by atoms with E-state index in [9.17, 15) is 0 Å². The highest BCUT2D eigenvalue weighted by atomic mass is 16.7. The van der Waals surface area contributed by atoms with Crippen LogP contribution in [0.5, 0.6) is 0 Å². The Morgan fingerprint density at radius 1 is 1.16 bits per heavy atom. The second kappa shape index (κ2) is 10.6. The average Bonchev–Trinajstić information content (AvgIpc) is 2.65. The van der Waals surface area contributed by atoms with Crippen molar-refractivity contribution in [3.63, 3.8) is 0 Å². The minimum atomic E-state index is -0.112. The molecule has 0 saturated carbocycles. The molecule has 1 rings (SSSR count). The van der Waals surface area contributed by atoms with Crippen molar-refractivity contribution in [3.05, 3.63) is 0 Å². The van der Waals surface area contributed by atoms with Gasteiger partial charge in [-0.15, -0.1) is 0 Å². The standard InChI is InChI=1S/C15H32N2O2/c1-4-18-15(19-5-2)12-17-13(3)11-14-9-7-6-8-10-16-14/h13-17H,4-12H2,1-3H3. The minimum absolute atomic E-state index is 0.112. The number of ether oxygens (including phenoxy) is 2. The van der Waals surface area contributed by atoms with Crippen LogP contribution < -0.4 is 10.6 Å². The average molecular weight is 272 g/mol. The topological polar surface area (TPSA) is 42.5 Å². The smallest absolute Gasteiger partial charge is 0.169 e. The summed E-state index contributed by atoms with van der Waals surface area (Å²) in [5.74, 6) is 0. The largest absolute Gasteiger partial charge is 0.352 e. The summed E-state index contributed by atoms with van der Waals surface area (Å²) in [5, 5.41) is 7.18. The van der Waals surface area contributed by atoms with Crippen LogP contribution in [0.2, 0.25) is 0 Å². The molecule has 2 unspecified atom stereocenters. The molecule has 4 nitrogen and oxygen atoms in total. The first-order valence-corrected chi connectivity index (χ1v) is 7.96. The molecule has 2 atom stereocenters. The molecular weight excluding hydrogens is 240 g/mol. The Labute approximate surface area is 118 Å². The maximum absolute atomic E-state index is 5.54. The molecule has 19 heavy (non-hydrogen) atoms. The zero-order valence-corrected chi connectivity index (χ0v) is 12.9. The summed E-state index contributed by atoms with van der Waals surface area (Å²) in [4.78, 5) is 0. The van der Waals surface area contributed by atoms with Crippen molar-refractivity contribution in [2.75, 3.05) is 26.3 Å². The lowest BCUT2D eigenvalue weighted by Gasteiger charge is -2.24. The number of nitrogens with one attached hydrogen (secondary N) is 2. The molecule has 0 aliphatic carbocycles. The molecule has 1 saturated heterocycles. The van der Waals surface area contributed by atoms with Gasteiger partial charge in [0.1, 0.15) is 0 Å². The Hall–Kier alpha value is -0.160. The van der Waals surface area contributed by atoms with Crippen LogP contribution in [0.15, 0.2) is 0 Å². The lowest BCUT2D eigenvalue weighted by atomic mass is 10.0. The van der Waals surface area contributed by atoms with Gasteiger partial charge < -0.3 is 20.1 Å². The Bertz CT molecular complexity index is 200. The van der Waals surface area contributed by atoms with Crippen molar-refractivity contribution in [2.45, 2.75) is 71.2 Å². The number of hydrogen-bond acceptors (Lipinski definition) is 4. The first-order chi connectivity index (χ1) is 9.26. The van der Waals surface area contributed by atoms with E-state index in [0.29, 0.717) is 25.3 Å². The molecule has 0 aromatic heterocycles. The fraction of sp³-hybridized carbons (Fsp3) is 1.00. The zero-order chi connectivity index (χ0) is 13.9. The van der Waals surface area contributed by atoms with Crippen molar-refractivity contribution in [1.82, 2.24) is 10.6 Å². The number of rotatable bonds is 9. The normalized spacial score (nSPS) is 22.4. The third kappa shape index (κ3) is 7.88. The molecule has 1 fully saturated rings. The van der Waals surface area contributed by atoms with Crippen LogP contribution in [-0.4, -0.2) is 44.7 Å². The molecule has 4 heteroatoms. The third-order valence-electron chi connectivity index (χ3n) is 3.64. The highest BCUT2D eigenvalue weighted by Crippen LogP contribution is 2.12. The van der Waals surface area contributed by atoms with Crippen molar-refractivity contribution in [3.8, 4) is 0 Å². The van der Waals surface area contributed by atoms with Gasteiger partial charge in [0.2, 0.25) is 0 Å². The van der Waals surface area contributed by atoms with Gasteiger partial charge in [-0.25, -0.2) is 0 Å². The fourth-order valence-corrected chi connectivity index (χ4v) is 2.65. The summed E-state index contributed by atoms with van der Waals surface area (Å²) >= 11 is 0. The molecule has 114 valence electrons. The van der Waals surface area contributed by atoms with E-state index in [1.54, 1.807) is 0 Å². The van der Waals surface area contributed by atoms with Crippen LogP contribution in [0.25, 0.3) is 0 Å². The van der Waals surface area contributed by atoms with Crippen LogP contribution in [0.4, 0.5) is 0 Å². The predicted octanol–water partition coefficient (Wildman–Crippen LogP) is 2.29. The van der Waals surface area contributed by atoms with Gasteiger partial charge in [0, 0.05) is 31.8 Å². The first-order valence-electron chi connectivity index (χ1n) is 7.96. The molecule has 1 aliphatic rings. The van der Waals surface area contributed by atoms with Gasteiger partial charge in [-0.3, -0.25) is 0 Å². The van der Waals surface area contributed by atoms with E-state index in [4.69, 9.17) is 9.47 Å². The fourth-order valence-electron chi connectivity index (χ4n) is 2.65. The summed E-state index contributed by atoms with van der Waals surface area (Å²) in [6, 6.07) is 1.17. The Kier molecular flexibility index (Phi) is 9.43. The maximum atomic E-state index is 5.54. The minimum Gasteiger partial charge on any atom is -0.352 e. The van der Waals surface area contributed by atoms with Gasteiger partial charge >= 0.3 is 0 Å². The molecule has 0 aromatic rings. The molecular formula is C15H32N2O2. The van der Waals surface area contributed by atoms with E-state index >= 15 is 0 Å². The van der Waals surface area contributed by atoms with E-state index in [2.05, 4.69) is 17.6 Å². The molecule has 0 bridgehead atoms. The summed E-state index contributed by atoms with van der Waals surface area (Å²) in [6.07, 6.45) is 6.46.